The van der Waals surface area contributed by atoms with Crippen molar-refractivity contribution < 1.29 is 17.6 Å². The number of nitrogens with zero attached hydrogens (tertiary/aromatic N) is 2. The van der Waals surface area contributed by atoms with Gasteiger partial charge >= 0.3 is 0 Å². The molecule has 3 rings (SSSR count). The van der Waals surface area contributed by atoms with E-state index in [-0.39, 0.29) is 17.3 Å². The maximum atomic E-state index is 13.0. The first-order chi connectivity index (χ1) is 10.9. The topological polar surface area (TPSA) is 57.7 Å². The van der Waals surface area contributed by atoms with E-state index in [9.17, 15) is 17.6 Å². The number of hydrogen-bond acceptors (Lipinski definition) is 3. The van der Waals surface area contributed by atoms with Gasteiger partial charge < -0.3 is 4.90 Å². The largest absolute Gasteiger partial charge is 0.342 e. The zero-order valence-electron chi connectivity index (χ0n) is 13.2. The summed E-state index contributed by atoms with van der Waals surface area (Å²) in [5, 5.41) is 0. The third-order valence-corrected chi connectivity index (χ3v) is 6.72. The standard InChI is InChI=1S/C16H21FN2O3S/c1-2-9-18-10-7-16(15(18)20)8-11-19(12-16)23(21,22)14-5-3-13(17)4-6-14/h3-6H,2,7-12H2,1H3. The molecule has 5 nitrogen and oxygen atoms in total. The first-order valence-corrected chi connectivity index (χ1v) is 9.38. The van der Waals surface area contributed by atoms with E-state index in [4.69, 9.17) is 0 Å². The molecule has 1 spiro atoms. The van der Waals surface area contributed by atoms with E-state index in [2.05, 4.69) is 0 Å². The van der Waals surface area contributed by atoms with Crippen molar-refractivity contribution in [3.8, 4) is 0 Å². The number of sulfonamides is 1. The monoisotopic (exact) mass is 340 g/mol. The van der Waals surface area contributed by atoms with Crippen LogP contribution in [0, 0.1) is 11.2 Å². The van der Waals surface area contributed by atoms with Crippen LogP contribution in [0.1, 0.15) is 26.2 Å². The van der Waals surface area contributed by atoms with E-state index >= 15 is 0 Å². The van der Waals surface area contributed by atoms with Crippen LogP contribution in [0.5, 0.6) is 0 Å². The Labute approximate surface area is 136 Å². The number of hydrogen-bond donors (Lipinski definition) is 0. The Morgan fingerprint density at radius 3 is 2.48 bits per heavy atom. The van der Waals surface area contributed by atoms with Gasteiger partial charge in [-0.2, -0.15) is 4.31 Å². The molecule has 0 saturated carbocycles. The van der Waals surface area contributed by atoms with E-state index < -0.39 is 21.3 Å². The van der Waals surface area contributed by atoms with E-state index in [0.29, 0.717) is 25.9 Å². The second-order valence-corrected chi connectivity index (χ2v) is 8.30. The molecule has 7 heteroatoms. The van der Waals surface area contributed by atoms with Gasteiger partial charge in [0.2, 0.25) is 15.9 Å². The molecule has 2 heterocycles. The molecule has 0 bridgehead atoms. The lowest BCUT2D eigenvalue weighted by Crippen LogP contribution is -2.38. The van der Waals surface area contributed by atoms with Gasteiger partial charge in [0, 0.05) is 26.2 Å². The fourth-order valence-corrected chi connectivity index (χ4v) is 5.08. The van der Waals surface area contributed by atoms with Crippen LogP contribution >= 0.6 is 0 Å². The van der Waals surface area contributed by atoms with Crippen LogP contribution in [0.15, 0.2) is 29.2 Å². The molecule has 2 saturated heterocycles. The predicted octanol–water partition coefficient (Wildman–Crippen LogP) is 1.85. The van der Waals surface area contributed by atoms with E-state index in [1.807, 2.05) is 11.8 Å². The summed E-state index contributed by atoms with van der Waals surface area (Å²) in [7, 11) is -3.68. The van der Waals surface area contributed by atoms with Crippen molar-refractivity contribution in [2.24, 2.45) is 5.41 Å². The van der Waals surface area contributed by atoms with Crippen molar-refractivity contribution in [3.05, 3.63) is 30.1 Å². The lowest BCUT2D eigenvalue weighted by molar-refractivity contribution is -0.135. The second kappa shape index (κ2) is 5.87. The third kappa shape index (κ3) is 2.76. The highest BCUT2D eigenvalue weighted by Gasteiger charge is 2.52. The van der Waals surface area contributed by atoms with Crippen molar-refractivity contribution in [2.75, 3.05) is 26.2 Å². The van der Waals surface area contributed by atoms with Gasteiger partial charge in [-0.05, 0) is 43.5 Å². The van der Waals surface area contributed by atoms with Crippen molar-refractivity contribution in [2.45, 2.75) is 31.1 Å². The van der Waals surface area contributed by atoms with Crippen LogP contribution in [0.3, 0.4) is 0 Å². The number of likely N-dealkylation sites (tertiary alicyclic amines) is 1. The van der Waals surface area contributed by atoms with Crippen LogP contribution in [0.25, 0.3) is 0 Å². The highest BCUT2D eigenvalue weighted by atomic mass is 32.2. The molecule has 0 aromatic heterocycles. The van der Waals surface area contributed by atoms with E-state index in [1.165, 1.54) is 16.4 Å². The van der Waals surface area contributed by atoms with Gasteiger partial charge in [-0.1, -0.05) is 6.92 Å². The smallest absolute Gasteiger partial charge is 0.243 e. The molecule has 126 valence electrons. The summed E-state index contributed by atoms with van der Waals surface area (Å²) in [6.07, 6.45) is 2.17. The maximum Gasteiger partial charge on any atom is 0.243 e. The van der Waals surface area contributed by atoms with Gasteiger partial charge in [-0.15, -0.1) is 0 Å². The SMILES string of the molecule is CCCN1CCC2(CCN(S(=O)(=O)c3ccc(F)cc3)C2)C1=O. The minimum atomic E-state index is -3.68. The van der Waals surface area contributed by atoms with E-state index in [1.54, 1.807) is 0 Å². The molecule has 1 amide bonds. The molecule has 0 N–H and O–H groups in total. The average Bonchev–Trinajstić information content (AvgIpc) is 3.09. The van der Waals surface area contributed by atoms with Crippen LogP contribution in [-0.2, 0) is 14.8 Å². The second-order valence-electron chi connectivity index (χ2n) is 6.37. The highest BCUT2D eigenvalue weighted by molar-refractivity contribution is 7.89. The molecule has 1 atom stereocenters. The minimum Gasteiger partial charge on any atom is -0.342 e. The molecule has 2 aliphatic heterocycles. The van der Waals surface area contributed by atoms with Gasteiger partial charge in [0.25, 0.3) is 0 Å². The van der Waals surface area contributed by atoms with Crippen LogP contribution in [0.4, 0.5) is 4.39 Å². The van der Waals surface area contributed by atoms with Gasteiger partial charge in [-0.3, -0.25) is 4.79 Å². The van der Waals surface area contributed by atoms with Crippen LogP contribution in [-0.4, -0.2) is 49.7 Å². The van der Waals surface area contributed by atoms with E-state index in [0.717, 1.165) is 25.1 Å². The molecule has 2 fully saturated rings. The van der Waals surface area contributed by atoms with Crippen molar-refractivity contribution in [3.63, 3.8) is 0 Å². The fraction of sp³-hybridized carbons (Fsp3) is 0.562. The fourth-order valence-electron chi connectivity index (χ4n) is 3.55. The Morgan fingerprint density at radius 1 is 1.17 bits per heavy atom. The molecule has 1 aromatic carbocycles. The molecule has 0 aliphatic carbocycles. The number of rotatable bonds is 4. The Morgan fingerprint density at radius 2 is 1.83 bits per heavy atom. The molecule has 23 heavy (non-hydrogen) atoms. The van der Waals surface area contributed by atoms with Gasteiger partial charge in [0.15, 0.2) is 0 Å². The first kappa shape index (κ1) is 16.4. The van der Waals surface area contributed by atoms with Crippen molar-refractivity contribution in [1.82, 2.24) is 9.21 Å². The number of benzene rings is 1. The number of halogens is 1. The summed E-state index contributed by atoms with van der Waals surface area (Å²) in [4.78, 5) is 14.5. The molecule has 2 aliphatic rings. The number of amides is 1. The summed E-state index contributed by atoms with van der Waals surface area (Å²) < 4.78 is 39.7. The summed E-state index contributed by atoms with van der Waals surface area (Å²) >= 11 is 0. The highest BCUT2D eigenvalue weighted by Crippen LogP contribution is 2.42. The molecular formula is C16H21FN2O3S. The van der Waals surface area contributed by atoms with Crippen LogP contribution < -0.4 is 0 Å². The molecule has 0 radical (unpaired) electrons. The summed E-state index contributed by atoms with van der Waals surface area (Å²) in [5.41, 5.74) is -0.567. The Hall–Kier alpha value is -1.47. The molecule has 1 aromatic rings. The van der Waals surface area contributed by atoms with Crippen molar-refractivity contribution >= 4 is 15.9 Å². The zero-order valence-corrected chi connectivity index (χ0v) is 14.0. The Balaban J connectivity index is 1.80. The molecular weight excluding hydrogens is 319 g/mol. The lowest BCUT2D eigenvalue weighted by Gasteiger charge is -2.23. The van der Waals surface area contributed by atoms with Crippen LogP contribution in [0.2, 0.25) is 0 Å². The Bertz CT molecular complexity index is 705. The average molecular weight is 340 g/mol. The van der Waals surface area contributed by atoms with Crippen molar-refractivity contribution in [1.29, 1.82) is 0 Å². The normalized spacial score (nSPS) is 25.7. The summed E-state index contributed by atoms with van der Waals surface area (Å²) in [6, 6.07) is 4.83. The third-order valence-electron chi connectivity index (χ3n) is 4.86. The quantitative estimate of drug-likeness (QED) is 0.840. The minimum absolute atomic E-state index is 0.0758. The molecule has 1 unspecified atom stereocenters. The van der Waals surface area contributed by atoms with Gasteiger partial charge in [0.05, 0.1) is 10.3 Å². The summed E-state index contributed by atoms with van der Waals surface area (Å²) in [5.74, 6) is -0.390. The number of carbonyl (C=O) groups is 1. The zero-order chi connectivity index (χ0) is 16.7. The van der Waals surface area contributed by atoms with Gasteiger partial charge in [-0.25, -0.2) is 12.8 Å². The maximum absolute atomic E-state index is 13.0. The lowest BCUT2D eigenvalue weighted by atomic mass is 9.86. The Kier molecular flexibility index (Phi) is 4.18. The number of carbonyl (C=O) groups excluding carboxylic acids is 1. The predicted molar refractivity (Wildman–Crippen MR) is 83.7 cm³/mol. The summed E-state index contributed by atoms with van der Waals surface area (Å²) in [6.45, 7) is 4.03. The van der Waals surface area contributed by atoms with Gasteiger partial charge in [0.1, 0.15) is 5.82 Å². The first-order valence-electron chi connectivity index (χ1n) is 7.94.